The molecule has 0 spiro atoms. The molecule has 1 aromatic rings. The molecular formula is C8H8O5S. The molecule has 0 aliphatic carbocycles. The first-order chi connectivity index (χ1) is 6.56. The number of hydrogen-bond acceptors (Lipinski definition) is 4. The van der Waals surface area contributed by atoms with Crippen LogP contribution >= 0.6 is 11.3 Å². The van der Waals surface area contributed by atoms with Crippen molar-refractivity contribution in [1.82, 2.24) is 0 Å². The molecule has 0 saturated carbocycles. The van der Waals surface area contributed by atoms with Gasteiger partial charge in [-0.05, 0) is 0 Å². The van der Waals surface area contributed by atoms with E-state index < -0.39 is 11.9 Å². The van der Waals surface area contributed by atoms with Crippen LogP contribution in [-0.4, -0.2) is 29.3 Å². The predicted molar refractivity (Wildman–Crippen MR) is 49.2 cm³/mol. The van der Waals surface area contributed by atoms with Crippen LogP contribution < -0.4 is 4.74 Å². The van der Waals surface area contributed by atoms with Crippen LogP contribution in [0.3, 0.4) is 0 Å². The normalized spacial score (nSPS) is 9.79. The van der Waals surface area contributed by atoms with Crippen molar-refractivity contribution >= 4 is 23.3 Å². The van der Waals surface area contributed by atoms with Gasteiger partial charge in [-0.15, -0.1) is 11.3 Å². The van der Waals surface area contributed by atoms with Crippen molar-refractivity contribution in [3.63, 3.8) is 0 Å². The van der Waals surface area contributed by atoms with Crippen molar-refractivity contribution in [2.24, 2.45) is 0 Å². The van der Waals surface area contributed by atoms with E-state index in [1.807, 2.05) is 0 Å². The summed E-state index contributed by atoms with van der Waals surface area (Å²) in [5.74, 6) is -2.02. The van der Waals surface area contributed by atoms with Crippen molar-refractivity contribution in [3.05, 3.63) is 15.8 Å². The summed E-state index contributed by atoms with van der Waals surface area (Å²) in [6.45, 7) is 0. The largest absolute Gasteiger partial charge is 0.495 e. The quantitative estimate of drug-likeness (QED) is 0.786. The molecule has 2 N–H and O–H groups in total. The molecule has 1 heterocycles. The highest BCUT2D eigenvalue weighted by Gasteiger charge is 2.20. The number of methoxy groups -OCH3 is 1. The zero-order valence-electron chi connectivity index (χ0n) is 7.31. The first kappa shape index (κ1) is 10.5. The third kappa shape index (κ3) is 2.02. The van der Waals surface area contributed by atoms with Crippen molar-refractivity contribution in [2.45, 2.75) is 6.42 Å². The Morgan fingerprint density at radius 2 is 2.14 bits per heavy atom. The van der Waals surface area contributed by atoms with Crippen LogP contribution in [0.15, 0.2) is 5.38 Å². The fourth-order valence-electron chi connectivity index (χ4n) is 1.02. The number of carboxylic acid groups (broad SMARTS) is 2. The number of aromatic carboxylic acids is 1. The molecule has 6 heteroatoms. The Balaban J connectivity index is 3.10. The van der Waals surface area contributed by atoms with Gasteiger partial charge in [0.2, 0.25) is 0 Å². The van der Waals surface area contributed by atoms with Crippen LogP contribution in [0.2, 0.25) is 0 Å². The van der Waals surface area contributed by atoms with Gasteiger partial charge >= 0.3 is 11.9 Å². The second-order valence-corrected chi connectivity index (χ2v) is 3.44. The van der Waals surface area contributed by atoms with Crippen LogP contribution in [0.1, 0.15) is 15.2 Å². The van der Waals surface area contributed by atoms with Crippen LogP contribution in [0.5, 0.6) is 5.75 Å². The molecule has 0 aliphatic heterocycles. The molecule has 76 valence electrons. The fraction of sp³-hybridized carbons (Fsp3) is 0.250. The third-order valence-electron chi connectivity index (χ3n) is 1.58. The number of rotatable bonds is 4. The molecule has 0 saturated heterocycles. The lowest BCUT2D eigenvalue weighted by Crippen LogP contribution is -2.05. The molecule has 1 aromatic heterocycles. The Labute approximate surface area is 83.6 Å². The summed E-state index contributed by atoms with van der Waals surface area (Å²) >= 11 is 1.07. The summed E-state index contributed by atoms with van der Waals surface area (Å²) in [6, 6.07) is 0. The topological polar surface area (TPSA) is 83.8 Å². The Morgan fingerprint density at radius 1 is 1.50 bits per heavy atom. The SMILES string of the molecule is COc1csc(CC(=O)O)c1C(=O)O. The van der Waals surface area contributed by atoms with E-state index in [-0.39, 0.29) is 17.7 Å². The van der Waals surface area contributed by atoms with Gasteiger partial charge in [0.1, 0.15) is 11.3 Å². The molecular weight excluding hydrogens is 208 g/mol. The van der Waals surface area contributed by atoms with Crippen molar-refractivity contribution in [2.75, 3.05) is 7.11 Å². The fourth-order valence-corrected chi connectivity index (χ4v) is 2.00. The molecule has 0 radical (unpaired) electrons. The maximum atomic E-state index is 10.8. The molecule has 0 bridgehead atoms. The van der Waals surface area contributed by atoms with Gasteiger partial charge in [-0.1, -0.05) is 0 Å². The van der Waals surface area contributed by atoms with E-state index in [0.29, 0.717) is 4.88 Å². The van der Waals surface area contributed by atoms with Crippen LogP contribution in [-0.2, 0) is 11.2 Å². The van der Waals surface area contributed by atoms with Crippen molar-refractivity contribution in [1.29, 1.82) is 0 Å². The summed E-state index contributed by atoms with van der Waals surface area (Å²) in [7, 11) is 1.35. The zero-order chi connectivity index (χ0) is 10.7. The van der Waals surface area contributed by atoms with Crippen LogP contribution in [0, 0.1) is 0 Å². The van der Waals surface area contributed by atoms with Crippen molar-refractivity contribution in [3.8, 4) is 5.75 Å². The Morgan fingerprint density at radius 3 is 2.57 bits per heavy atom. The van der Waals surface area contributed by atoms with Gasteiger partial charge in [-0.3, -0.25) is 4.79 Å². The number of carboxylic acids is 2. The Kier molecular flexibility index (Phi) is 3.08. The van der Waals surface area contributed by atoms with Gasteiger partial charge in [0.15, 0.2) is 0 Å². The van der Waals surface area contributed by atoms with Crippen LogP contribution in [0.4, 0.5) is 0 Å². The van der Waals surface area contributed by atoms with E-state index in [9.17, 15) is 9.59 Å². The number of ether oxygens (including phenoxy) is 1. The number of aliphatic carboxylic acids is 1. The molecule has 1 rings (SSSR count). The van der Waals surface area contributed by atoms with Gasteiger partial charge < -0.3 is 14.9 Å². The van der Waals surface area contributed by atoms with Gasteiger partial charge in [0.25, 0.3) is 0 Å². The van der Waals surface area contributed by atoms with E-state index in [1.165, 1.54) is 12.5 Å². The summed E-state index contributed by atoms with van der Waals surface area (Å²) in [6.07, 6.45) is -0.296. The maximum absolute atomic E-state index is 10.8. The third-order valence-corrected chi connectivity index (χ3v) is 2.54. The first-order valence-corrected chi connectivity index (χ1v) is 4.53. The smallest absolute Gasteiger partial charge is 0.340 e. The lowest BCUT2D eigenvalue weighted by atomic mass is 10.2. The van der Waals surface area contributed by atoms with Gasteiger partial charge in [0.05, 0.1) is 13.5 Å². The number of thiophene rings is 1. The van der Waals surface area contributed by atoms with E-state index in [4.69, 9.17) is 14.9 Å². The van der Waals surface area contributed by atoms with E-state index in [1.54, 1.807) is 0 Å². The predicted octanol–water partition coefficient (Wildman–Crippen LogP) is 1.08. The highest BCUT2D eigenvalue weighted by molar-refractivity contribution is 7.10. The average molecular weight is 216 g/mol. The minimum atomic E-state index is -1.17. The molecule has 0 amide bonds. The molecule has 14 heavy (non-hydrogen) atoms. The molecule has 5 nitrogen and oxygen atoms in total. The molecule has 0 unspecified atom stereocenters. The molecule has 0 atom stereocenters. The minimum absolute atomic E-state index is 0.0556. The van der Waals surface area contributed by atoms with E-state index in [2.05, 4.69) is 0 Å². The van der Waals surface area contributed by atoms with Gasteiger partial charge in [-0.25, -0.2) is 4.79 Å². The Bertz CT molecular complexity index is 368. The van der Waals surface area contributed by atoms with E-state index in [0.717, 1.165) is 11.3 Å². The van der Waals surface area contributed by atoms with E-state index >= 15 is 0 Å². The number of carbonyl (C=O) groups is 2. The second kappa shape index (κ2) is 4.10. The summed E-state index contributed by atoms with van der Waals surface area (Å²) in [5, 5.41) is 18.8. The summed E-state index contributed by atoms with van der Waals surface area (Å²) < 4.78 is 4.81. The van der Waals surface area contributed by atoms with Gasteiger partial charge in [0, 0.05) is 10.3 Å². The minimum Gasteiger partial charge on any atom is -0.495 e. The van der Waals surface area contributed by atoms with Gasteiger partial charge in [-0.2, -0.15) is 0 Å². The second-order valence-electron chi connectivity index (χ2n) is 2.48. The lowest BCUT2D eigenvalue weighted by Gasteiger charge is -1.99. The number of hydrogen-bond donors (Lipinski definition) is 2. The first-order valence-electron chi connectivity index (χ1n) is 3.65. The Hall–Kier alpha value is -1.56. The highest BCUT2D eigenvalue weighted by atomic mass is 32.1. The molecule has 0 aliphatic rings. The summed E-state index contributed by atoms with van der Waals surface area (Å²) in [4.78, 5) is 21.5. The average Bonchev–Trinajstić information content (AvgIpc) is 2.46. The molecule has 0 aromatic carbocycles. The zero-order valence-corrected chi connectivity index (χ0v) is 8.13. The van der Waals surface area contributed by atoms with Crippen molar-refractivity contribution < 1.29 is 24.5 Å². The standard InChI is InChI=1S/C8H8O5S/c1-13-4-3-14-5(2-6(9)10)7(4)8(11)12/h3H,2H2,1H3,(H,9,10)(H,11,12). The monoisotopic (exact) mass is 216 g/mol. The summed E-state index contributed by atoms with van der Waals surface area (Å²) in [5.41, 5.74) is -0.0556. The highest BCUT2D eigenvalue weighted by Crippen LogP contribution is 2.29. The van der Waals surface area contributed by atoms with Crippen LogP contribution in [0.25, 0.3) is 0 Å². The molecule has 0 fully saturated rings. The maximum Gasteiger partial charge on any atom is 0.340 e. The lowest BCUT2D eigenvalue weighted by molar-refractivity contribution is -0.136.